The summed E-state index contributed by atoms with van der Waals surface area (Å²) in [6, 6.07) is 1.98. The van der Waals surface area contributed by atoms with Crippen molar-refractivity contribution >= 4 is 11.9 Å². The number of carbonyl (C=O) groups is 1. The Morgan fingerprint density at radius 3 is 3.05 bits per heavy atom. The van der Waals surface area contributed by atoms with Gasteiger partial charge in [-0.1, -0.05) is 0 Å². The summed E-state index contributed by atoms with van der Waals surface area (Å²) in [5.41, 5.74) is 6.40. The van der Waals surface area contributed by atoms with E-state index in [0.29, 0.717) is 18.9 Å². The second-order valence-corrected chi connectivity index (χ2v) is 5.47. The Morgan fingerprint density at radius 2 is 2.43 bits per heavy atom. The zero-order valence-electron chi connectivity index (χ0n) is 12.7. The smallest absolute Gasteiger partial charge is 0.217 e. The Labute approximate surface area is 125 Å². The summed E-state index contributed by atoms with van der Waals surface area (Å²) in [6.45, 7) is 2.47. The topological polar surface area (TPSA) is 88.5 Å². The van der Waals surface area contributed by atoms with Crippen LogP contribution in [0.25, 0.3) is 0 Å². The van der Waals surface area contributed by atoms with Gasteiger partial charge in [-0.3, -0.25) is 14.5 Å². The van der Waals surface area contributed by atoms with Crippen molar-refractivity contribution in [3.8, 4) is 0 Å². The molecule has 1 unspecified atom stereocenters. The summed E-state index contributed by atoms with van der Waals surface area (Å²) >= 11 is 0. The molecule has 3 N–H and O–H groups in total. The highest BCUT2D eigenvalue weighted by atomic mass is 16.1. The van der Waals surface area contributed by atoms with E-state index in [-0.39, 0.29) is 5.91 Å². The molecule has 0 aliphatic carbocycles. The van der Waals surface area contributed by atoms with Gasteiger partial charge in [-0.25, -0.2) is 0 Å². The number of guanidine groups is 1. The van der Waals surface area contributed by atoms with E-state index in [1.807, 2.05) is 17.8 Å². The van der Waals surface area contributed by atoms with Crippen molar-refractivity contribution in [3.63, 3.8) is 0 Å². The minimum absolute atomic E-state index is 0.223. The number of aromatic nitrogens is 2. The molecular weight excluding hydrogens is 268 g/mol. The summed E-state index contributed by atoms with van der Waals surface area (Å²) in [5, 5.41) is 7.50. The fourth-order valence-corrected chi connectivity index (χ4v) is 2.79. The first-order chi connectivity index (χ1) is 10.1. The second kappa shape index (κ2) is 7.10. The molecule has 1 saturated heterocycles. The molecule has 21 heavy (non-hydrogen) atoms. The number of primary amides is 1. The molecule has 116 valence electrons. The van der Waals surface area contributed by atoms with E-state index in [9.17, 15) is 4.79 Å². The van der Waals surface area contributed by atoms with E-state index in [2.05, 4.69) is 20.3 Å². The van der Waals surface area contributed by atoms with Crippen LogP contribution in [0.1, 0.15) is 25.0 Å². The van der Waals surface area contributed by atoms with E-state index in [1.165, 1.54) is 0 Å². The minimum atomic E-state index is -0.223. The largest absolute Gasteiger partial charge is 0.370 e. The number of hydrogen-bond acceptors (Lipinski definition) is 3. The van der Waals surface area contributed by atoms with Crippen molar-refractivity contribution in [3.05, 3.63) is 18.0 Å². The van der Waals surface area contributed by atoms with Crippen LogP contribution in [0.4, 0.5) is 0 Å². The molecule has 0 aromatic carbocycles. The van der Waals surface area contributed by atoms with E-state index < -0.39 is 0 Å². The summed E-state index contributed by atoms with van der Waals surface area (Å²) in [7, 11) is 3.70. The molecule has 2 heterocycles. The predicted molar refractivity (Wildman–Crippen MR) is 81.5 cm³/mol. The van der Waals surface area contributed by atoms with Crippen LogP contribution in [0.5, 0.6) is 0 Å². The number of piperidine rings is 1. The number of nitrogens with zero attached hydrogens (tertiary/aromatic N) is 4. The van der Waals surface area contributed by atoms with Crippen LogP contribution < -0.4 is 11.1 Å². The van der Waals surface area contributed by atoms with Gasteiger partial charge in [-0.2, -0.15) is 5.10 Å². The highest BCUT2D eigenvalue weighted by Gasteiger charge is 2.23. The van der Waals surface area contributed by atoms with Gasteiger partial charge in [0, 0.05) is 39.8 Å². The van der Waals surface area contributed by atoms with Crippen LogP contribution in [-0.2, 0) is 18.4 Å². The van der Waals surface area contributed by atoms with Crippen LogP contribution in [0.15, 0.2) is 17.3 Å². The molecule has 2 rings (SSSR count). The lowest BCUT2D eigenvalue weighted by Crippen LogP contribution is -2.47. The number of aryl methyl sites for hydroxylation is 1. The third kappa shape index (κ3) is 4.21. The molecule has 0 bridgehead atoms. The number of likely N-dealkylation sites (tertiary alicyclic amines) is 1. The lowest BCUT2D eigenvalue weighted by atomic mass is 9.95. The zero-order chi connectivity index (χ0) is 15.2. The van der Waals surface area contributed by atoms with Crippen LogP contribution in [0.2, 0.25) is 0 Å². The number of carbonyl (C=O) groups excluding carboxylic acids is 1. The van der Waals surface area contributed by atoms with Crippen LogP contribution in [0.3, 0.4) is 0 Å². The fraction of sp³-hybridized carbons (Fsp3) is 0.643. The van der Waals surface area contributed by atoms with Gasteiger partial charge < -0.3 is 16.0 Å². The first kappa shape index (κ1) is 15.3. The summed E-state index contributed by atoms with van der Waals surface area (Å²) in [6.07, 6.45) is 4.35. The summed E-state index contributed by atoms with van der Waals surface area (Å²) in [5.74, 6) is 0.969. The maximum absolute atomic E-state index is 11.1. The van der Waals surface area contributed by atoms with Crippen molar-refractivity contribution < 1.29 is 4.79 Å². The van der Waals surface area contributed by atoms with E-state index in [1.54, 1.807) is 13.2 Å². The average Bonchev–Trinajstić information content (AvgIpc) is 2.85. The number of rotatable bonds is 4. The lowest BCUT2D eigenvalue weighted by Gasteiger charge is -2.34. The van der Waals surface area contributed by atoms with E-state index in [4.69, 9.17) is 5.73 Å². The zero-order valence-corrected chi connectivity index (χ0v) is 12.7. The monoisotopic (exact) mass is 292 g/mol. The highest BCUT2D eigenvalue weighted by molar-refractivity contribution is 5.80. The SMILES string of the molecule is CN=C(NCc1ccnn1C)N1CCCC(CC(N)=O)C1. The fourth-order valence-electron chi connectivity index (χ4n) is 2.79. The number of hydrogen-bond donors (Lipinski definition) is 2. The molecular formula is C14H24N6O. The van der Waals surface area contributed by atoms with Crippen molar-refractivity contribution in [1.82, 2.24) is 20.0 Å². The Bertz CT molecular complexity index is 509. The van der Waals surface area contributed by atoms with Gasteiger partial charge in [0.25, 0.3) is 0 Å². The van der Waals surface area contributed by atoms with Gasteiger partial charge in [0.05, 0.1) is 12.2 Å². The first-order valence-corrected chi connectivity index (χ1v) is 7.31. The highest BCUT2D eigenvalue weighted by Crippen LogP contribution is 2.19. The van der Waals surface area contributed by atoms with Crippen molar-refractivity contribution in [2.24, 2.45) is 23.7 Å². The van der Waals surface area contributed by atoms with E-state index in [0.717, 1.165) is 37.6 Å². The van der Waals surface area contributed by atoms with Gasteiger partial charge in [0.2, 0.25) is 5.91 Å². The van der Waals surface area contributed by atoms with Crippen LogP contribution in [0, 0.1) is 5.92 Å². The average molecular weight is 292 g/mol. The van der Waals surface area contributed by atoms with Gasteiger partial charge in [-0.15, -0.1) is 0 Å². The Balaban J connectivity index is 1.91. The third-order valence-corrected chi connectivity index (χ3v) is 3.87. The van der Waals surface area contributed by atoms with Gasteiger partial charge in [0.1, 0.15) is 0 Å². The summed E-state index contributed by atoms with van der Waals surface area (Å²) < 4.78 is 1.84. The molecule has 1 aromatic rings. The molecule has 1 aromatic heterocycles. The maximum atomic E-state index is 11.1. The van der Waals surface area contributed by atoms with Crippen LogP contribution >= 0.6 is 0 Å². The Morgan fingerprint density at radius 1 is 1.62 bits per heavy atom. The standard InChI is InChI=1S/C14H24N6O/c1-16-14(17-9-12-5-6-18-19(12)2)20-7-3-4-11(10-20)8-13(15)21/h5-6,11H,3-4,7-10H2,1-2H3,(H2,15,21)(H,16,17). The molecule has 1 atom stereocenters. The number of amides is 1. The molecule has 7 heteroatoms. The summed E-state index contributed by atoms with van der Waals surface area (Å²) in [4.78, 5) is 17.6. The molecule has 1 fully saturated rings. The van der Waals surface area contributed by atoms with Crippen molar-refractivity contribution in [2.45, 2.75) is 25.8 Å². The number of aliphatic imine (C=N–C) groups is 1. The Hall–Kier alpha value is -2.05. The molecule has 0 spiro atoms. The quantitative estimate of drug-likeness (QED) is 0.608. The molecule has 7 nitrogen and oxygen atoms in total. The van der Waals surface area contributed by atoms with Crippen molar-refractivity contribution in [1.29, 1.82) is 0 Å². The van der Waals surface area contributed by atoms with Crippen LogP contribution in [-0.4, -0.2) is 46.7 Å². The second-order valence-electron chi connectivity index (χ2n) is 5.47. The van der Waals surface area contributed by atoms with Gasteiger partial charge in [-0.05, 0) is 24.8 Å². The molecule has 0 radical (unpaired) electrons. The van der Waals surface area contributed by atoms with Gasteiger partial charge in [0.15, 0.2) is 5.96 Å². The molecule has 0 saturated carbocycles. The maximum Gasteiger partial charge on any atom is 0.217 e. The lowest BCUT2D eigenvalue weighted by molar-refractivity contribution is -0.119. The van der Waals surface area contributed by atoms with Gasteiger partial charge >= 0.3 is 0 Å². The molecule has 1 aliphatic heterocycles. The number of nitrogens with one attached hydrogen (secondary N) is 1. The normalized spacial score (nSPS) is 19.6. The van der Waals surface area contributed by atoms with E-state index >= 15 is 0 Å². The molecule has 1 amide bonds. The first-order valence-electron chi connectivity index (χ1n) is 7.31. The minimum Gasteiger partial charge on any atom is -0.370 e. The van der Waals surface area contributed by atoms with Crippen molar-refractivity contribution in [2.75, 3.05) is 20.1 Å². The molecule has 1 aliphatic rings. The third-order valence-electron chi connectivity index (χ3n) is 3.87. The number of nitrogens with two attached hydrogens (primary N) is 1. The Kier molecular flexibility index (Phi) is 5.19. The predicted octanol–water partition coefficient (Wildman–Crippen LogP) is 0.0829.